The second-order valence-electron chi connectivity index (χ2n) is 3.59. The molecule has 17 heavy (non-hydrogen) atoms. The van der Waals surface area contributed by atoms with Crippen molar-refractivity contribution in [3.05, 3.63) is 28.8 Å². The van der Waals surface area contributed by atoms with Gasteiger partial charge < -0.3 is 15.2 Å². The van der Waals surface area contributed by atoms with Gasteiger partial charge in [-0.15, -0.1) is 0 Å². The minimum absolute atomic E-state index is 0.159. The molecule has 0 aliphatic rings. The molecule has 1 aromatic rings. The van der Waals surface area contributed by atoms with Crippen molar-refractivity contribution in [1.82, 2.24) is 0 Å². The van der Waals surface area contributed by atoms with Crippen molar-refractivity contribution in [2.24, 2.45) is 5.73 Å². The largest absolute Gasteiger partial charge is 0.492 e. The molecule has 0 bridgehead atoms. The van der Waals surface area contributed by atoms with Gasteiger partial charge in [-0.05, 0) is 31.5 Å². The Kier molecular flexibility index (Phi) is 5.25. The molecule has 1 rings (SSSR count). The molecule has 0 saturated carbocycles. The summed E-state index contributed by atoms with van der Waals surface area (Å²) in [7, 11) is 0. The third-order valence-electron chi connectivity index (χ3n) is 2.05. The molecule has 4 nitrogen and oxygen atoms in total. The molecule has 0 amide bonds. The summed E-state index contributed by atoms with van der Waals surface area (Å²) in [6, 6.07) is 4.64. The lowest BCUT2D eigenvalue weighted by atomic mass is 10.2. The smallest absolute Gasteiger partial charge is 0.322 e. The molecule has 1 unspecified atom stereocenters. The van der Waals surface area contributed by atoms with Crippen molar-refractivity contribution in [2.75, 3.05) is 6.61 Å². The Bertz CT molecular complexity index is 393. The van der Waals surface area contributed by atoms with Crippen LogP contribution in [0, 0.1) is 0 Å². The second-order valence-corrected chi connectivity index (χ2v) is 4.00. The van der Waals surface area contributed by atoms with Crippen molar-refractivity contribution in [1.29, 1.82) is 0 Å². The number of hydrogen-bond donors (Lipinski definition) is 1. The van der Waals surface area contributed by atoms with Gasteiger partial charge in [0.2, 0.25) is 0 Å². The fourth-order valence-corrected chi connectivity index (χ4v) is 1.45. The van der Waals surface area contributed by atoms with Gasteiger partial charge in [-0.3, -0.25) is 4.79 Å². The van der Waals surface area contributed by atoms with E-state index in [9.17, 15) is 4.79 Å². The van der Waals surface area contributed by atoms with E-state index < -0.39 is 12.0 Å². The Balaban J connectivity index is 2.61. The van der Waals surface area contributed by atoms with Gasteiger partial charge >= 0.3 is 5.97 Å². The summed E-state index contributed by atoms with van der Waals surface area (Å²) >= 11 is 6.00. The van der Waals surface area contributed by atoms with Crippen LogP contribution in [0.25, 0.3) is 0 Å². The van der Waals surface area contributed by atoms with E-state index in [1.54, 1.807) is 25.1 Å². The molecule has 1 atom stereocenters. The van der Waals surface area contributed by atoms with Crippen LogP contribution in [0.3, 0.4) is 0 Å². The Hall–Kier alpha value is -1.26. The number of carbonyl (C=O) groups is 1. The average Bonchev–Trinajstić information content (AvgIpc) is 2.29. The molecular weight excluding hydrogens is 242 g/mol. The van der Waals surface area contributed by atoms with Crippen LogP contribution in [0.2, 0.25) is 5.02 Å². The monoisotopic (exact) mass is 257 g/mol. The lowest BCUT2D eigenvalue weighted by molar-refractivity contribution is -0.146. The number of benzene rings is 1. The minimum Gasteiger partial charge on any atom is -0.492 e. The van der Waals surface area contributed by atoms with Gasteiger partial charge in [-0.1, -0.05) is 17.7 Å². The lowest BCUT2D eigenvalue weighted by Gasteiger charge is -2.09. The summed E-state index contributed by atoms with van der Waals surface area (Å²) in [6.45, 7) is 4.17. The van der Waals surface area contributed by atoms with Crippen LogP contribution in [0.5, 0.6) is 5.75 Å². The summed E-state index contributed by atoms with van der Waals surface area (Å²) < 4.78 is 10.3. The van der Waals surface area contributed by atoms with Gasteiger partial charge in [0.1, 0.15) is 18.4 Å². The zero-order valence-corrected chi connectivity index (χ0v) is 10.7. The summed E-state index contributed by atoms with van der Waals surface area (Å²) in [5.41, 5.74) is 6.17. The zero-order chi connectivity index (χ0) is 12.8. The molecule has 0 aliphatic carbocycles. The molecule has 0 aromatic heterocycles. The SMILES string of the molecule is CCOc1ccc(COC(=O)C(C)N)cc1Cl. The average molecular weight is 258 g/mol. The topological polar surface area (TPSA) is 61.5 Å². The Morgan fingerprint density at radius 1 is 1.53 bits per heavy atom. The number of esters is 1. The van der Waals surface area contributed by atoms with Gasteiger partial charge in [0.05, 0.1) is 11.6 Å². The van der Waals surface area contributed by atoms with E-state index in [0.717, 1.165) is 5.56 Å². The third kappa shape index (κ3) is 4.24. The molecular formula is C12H16ClNO3. The molecule has 0 aliphatic heterocycles. The number of ether oxygens (including phenoxy) is 2. The van der Waals surface area contributed by atoms with Crippen molar-refractivity contribution in [3.63, 3.8) is 0 Å². The van der Waals surface area contributed by atoms with E-state index in [2.05, 4.69) is 0 Å². The normalized spacial score (nSPS) is 12.0. The first kappa shape index (κ1) is 13.8. The molecule has 0 radical (unpaired) electrons. The van der Waals surface area contributed by atoms with Gasteiger partial charge in [0.15, 0.2) is 0 Å². The molecule has 0 spiro atoms. The summed E-state index contributed by atoms with van der Waals surface area (Å²) in [5, 5.41) is 0.501. The fraction of sp³-hybridized carbons (Fsp3) is 0.417. The van der Waals surface area contributed by atoms with Crippen molar-refractivity contribution >= 4 is 17.6 Å². The zero-order valence-electron chi connectivity index (χ0n) is 9.90. The highest BCUT2D eigenvalue weighted by Crippen LogP contribution is 2.25. The van der Waals surface area contributed by atoms with Crippen LogP contribution in [-0.2, 0) is 16.1 Å². The second kappa shape index (κ2) is 6.47. The summed E-state index contributed by atoms with van der Waals surface area (Å²) in [6.07, 6.45) is 0. The minimum atomic E-state index is -0.617. The maximum absolute atomic E-state index is 11.2. The number of hydrogen-bond acceptors (Lipinski definition) is 4. The van der Waals surface area contributed by atoms with E-state index in [4.69, 9.17) is 26.8 Å². The van der Waals surface area contributed by atoms with Crippen molar-refractivity contribution in [3.8, 4) is 5.75 Å². The van der Waals surface area contributed by atoms with Crippen LogP contribution in [0.1, 0.15) is 19.4 Å². The van der Waals surface area contributed by atoms with E-state index in [-0.39, 0.29) is 6.61 Å². The van der Waals surface area contributed by atoms with Crippen LogP contribution >= 0.6 is 11.6 Å². The molecule has 94 valence electrons. The highest BCUT2D eigenvalue weighted by molar-refractivity contribution is 6.32. The van der Waals surface area contributed by atoms with Crippen LogP contribution in [-0.4, -0.2) is 18.6 Å². The first-order chi connectivity index (χ1) is 8.04. The number of rotatable bonds is 5. The molecule has 0 saturated heterocycles. The van der Waals surface area contributed by atoms with Crippen LogP contribution < -0.4 is 10.5 Å². The molecule has 1 aromatic carbocycles. The van der Waals surface area contributed by atoms with E-state index >= 15 is 0 Å². The standard InChI is InChI=1S/C12H16ClNO3/c1-3-16-11-5-4-9(6-10(11)13)7-17-12(15)8(2)14/h4-6,8H,3,7,14H2,1-2H3. The van der Waals surface area contributed by atoms with E-state index in [1.807, 2.05) is 6.92 Å². The van der Waals surface area contributed by atoms with E-state index in [1.165, 1.54) is 0 Å². The van der Waals surface area contributed by atoms with Gasteiger partial charge in [0, 0.05) is 0 Å². The predicted molar refractivity (Wildman–Crippen MR) is 66.1 cm³/mol. The fourth-order valence-electron chi connectivity index (χ4n) is 1.19. The first-order valence-electron chi connectivity index (χ1n) is 5.38. The molecule has 0 heterocycles. The Morgan fingerprint density at radius 2 is 2.24 bits per heavy atom. The predicted octanol–water partition coefficient (Wildman–Crippen LogP) is 2.13. The Labute approximate surface area is 106 Å². The number of halogens is 1. The Morgan fingerprint density at radius 3 is 2.76 bits per heavy atom. The quantitative estimate of drug-likeness (QED) is 0.821. The van der Waals surface area contributed by atoms with Crippen molar-refractivity contribution in [2.45, 2.75) is 26.5 Å². The van der Waals surface area contributed by atoms with Crippen molar-refractivity contribution < 1.29 is 14.3 Å². The number of carbonyl (C=O) groups excluding carboxylic acids is 1. The van der Waals surface area contributed by atoms with Crippen LogP contribution in [0.4, 0.5) is 0 Å². The van der Waals surface area contributed by atoms with Gasteiger partial charge in [-0.25, -0.2) is 0 Å². The summed E-state index contributed by atoms with van der Waals surface area (Å²) in [5.74, 6) is 0.187. The summed E-state index contributed by atoms with van der Waals surface area (Å²) in [4.78, 5) is 11.2. The van der Waals surface area contributed by atoms with E-state index in [0.29, 0.717) is 17.4 Å². The van der Waals surface area contributed by atoms with Gasteiger partial charge in [0.25, 0.3) is 0 Å². The molecule has 5 heteroatoms. The first-order valence-corrected chi connectivity index (χ1v) is 5.75. The highest BCUT2D eigenvalue weighted by atomic mass is 35.5. The lowest BCUT2D eigenvalue weighted by Crippen LogP contribution is -2.28. The van der Waals surface area contributed by atoms with Gasteiger partial charge in [-0.2, -0.15) is 0 Å². The number of nitrogens with two attached hydrogens (primary N) is 1. The highest BCUT2D eigenvalue weighted by Gasteiger charge is 2.09. The molecule has 2 N–H and O–H groups in total. The molecule has 0 fully saturated rings. The third-order valence-corrected chi connectivity index (χ3v) is 2.34. The van der Waals surface area contributed by atoms with Crippen LogP contribution in [0.15, 0.2) is 18.2 Å². The maximum atomic E-state index is 11.2. The maximum Gasteiger partial charge on any atom is 0.322 e.